The van der Waals surface area contributed by atoms with E-state index in [1.54, 1.807) is 12.4 Å². The SMILES string of the molecule is CC(NC(=O)c1nccn1C1CCC1)c1nc(-c2ccnc(C3CC3)c2)no1. The minimum atomic E-state index is -0.412. The summed E-state index contributed by atoms with van der Waals surface area (Å²) >= 11 is 0. The molecule has 0 bridgehead atoms. The molecular weight excluding hydrogens is 356 g/mol. The number of nitrogens with zero attached hydrogens (tertiary/aromatic N) is 5. The van der Waals surface area contributed by atoms with Crippen molar-refractivity contribution in [2.24, 2.45) is 0 Å². The van der Waals surface area contributed by atoms with Crippen LogP contribution in [0.2, 0.25) is 0 Å². The van der Waals surface area contributed by atoms with Gasteiger partial charge >= 0.3 is 0 Å². The Kier molecular flexibility index (Phi) is 4.18. The van der Waals surface area contributed by atoms with Crippen LogP contribution in [0, 0.1) is 0 Å². The van der Waals surface area contributed by atoms with Crippen LogP contribution in [0.3, 0.4) is 0 Å². The number of carbonyl (C=O) groups is 1. The average Bonchev–Trinajstić information content (AvgIpc) is 3.20. The van der Waals surface area contributed by atoms with Crippen molar-refractivity contribution in [3.8, 4) is 11.4 Å². The molecule has 2 fully saturated rings. The highest BCUT2D eigenvalue weighted by atomic mass is 16.5. The molecule has 0 spiro atoms. The Bertz CT molecular complexity index is 1000. The number of carbonyl (C=O) groups excluding carboxylic acids is 1. The average molecular weight is 378 g/mol. The van der Waals surface area contributed by atoms with Gasteiger partial charge in [0.1, 0.15) is 6.04 Å². The Morgan fingerprint density at radius 3 is 2.86 bits per heavy atom. The summed E-state index contributed by atoms with van der Waals surface area (Å²) in [5.74, 6) is 1.64. The van der Waals surface area contributed by atoms with Gasteiger partial charge < -0.3 is 14.4 Å². The Hall–Kier alpha value is -3.03. The fourth-order valence-electron chi connectivity index (χ4n) is 3.49. The third kappa shape index (κ3) is 3.19. The van der Waals surface area contributed by atoms with Gasteiger partial charge in [0.2, 0.25) is 11.7 Å². The molecule has 1 N–H and O–H groups in total. The van der Waals surface area contributed by atoms with E-state index in [0.717, 1.165) is 24.1 Å². The van der Waals surface area contributed by atoms with Crippen molar-refractivity contribution in [2.45, 2.75) is 57.0 Å². The van der Waals surface area contributed by atoms with Crippen LogP contribution in [-0.2, 0) is 0 Å². The van der Waals surface area contributed by atoms with E-state index >= 15 is 0 Å². The summed E-state index contributed by atoms with van der Waals surface area (Å²) in [4.78, 5) is 25.8. The highest BCUT2D eigenvalue weighted by molar-refractivity contribution is 5.91. The van der Waals surface area contributed by atoms with E-state index in [4.69, 9.17) is 4.52 Å². The van der Waals surface area contributed by atoms with Crippen LogP contribution in [0.4, 0.5) is 0 Å². The van der Waals surface area contributed by atoms with E-state index in [1.165, 1.54) is 19.3 Å². The maximum absolute atomic E-state index is 12.7. The van der Waals surface area contributed by atoms with Crippen molar-refractivity contribution < 1.29 is 9.32 Å². The van der Waals surface area contributed by atoms with Crippen LogP contribution < -0.4 is 5.32 Å². The summed E-state index contributed by atoms with van der Waals surface area (Å²) in [5, 5.41) is 7.00. The monoisotopic (exact) mass is 378 g/mol. The normalized spacial score (nSPS) is 17.9. The minimum Gasteiger partial charge on any atom is -0.338 e. The fraction of sp³-hybridized carbons (Fsp3) is 0.450. The van der Waals surface area contributed by atoms with Crippen molar-refractivity contribution in [1.29, 1.82) is 0 Å². The molecule has 1 amide bonds. The third-order valence-corrected chi connectivity index (χ3v) is 5.53. The van der Waals surface area contributed by atoms with E-state index in [-0.39, 0.29) is 5.91 Å². The molecule has 8 nitrogen and oxygen atoms in total. The van der Waals surface area contributed by atoms with Gasteiger partial charge in [0, 0.05) is 41.8 Å². The number of amides is 1. The molecule has 0 radical (unpaired) electrons. The quantitative estimate of drug-likeness (QED) is 0.706. The summed E-state index contributed by atoms with van der Waals surface area (Å²) in [6.45, 7) is 1.83. The van der Waals surface area contributed by atoms with Gasteiger partial charge in [-0.25, -0.2) is 4.98 Å². The molecule has 28 heavy (non-hydrogen) atoms. The Labute approximate surface area is 162 Å². The second-order valence-corrected chi connectivity index (χ2v) is 7.64. The molecule has 0 aromatic carbocycles. The minimum absolute atomic E-state index is 0.232. The van der Waals surface area contributed by atoms with E-state index in [2.05, 4.69) is 25.4 Å². The van der Waals surface area contributed by atoms with Crippen LogP contribution in [-0.4, -0.2) is 30.6 Å². The molecule has 3 heterocycles. The number of pyridine rings is 1. The molecular formula is C20H22N6O2. The zero-order chi connectivity index (χ0) is 19.1. The second kappa shape index (κ2) is 6.85. The van der Waals surface area contributed by atoms with Gasteiger partial charge in [0.25, 0.3) is 5.91 Å². The van der Waals surface area contributed by atoms with Crippen LogP contribution >= 0.6 is 0 Å². The summed E-state index contributed by atoms with van der Waals surface area (Å²) in [6.07, 6.45) is 11.1. The first-order valence-corrected chi connectivity index (χ1v) is 9.82. The number of nitrogens with one attached hydrogen (secondary N) is 1. The summed E-state index contributed by atoms with van der Waals surface area (Å²) in [5.41, 5.74) is 1.96. The number of rotatable bonds is 6. The van der Waals surface area contributed by atoms with E-state index < -0.39 is 6.04 Å². The van der Waals surface area contributed by atoms with E-state index in [9.17, 15) is 4.79 Å². The van der Waals surface area contributed by atoms with Crippen LogP contribution in [0.25, 0.3) is 11.4 Å². The van der Waals surface area contributed by atoms with E-state index in [1.807, 2.05) is 29.8 Å². The Balaban J connectivity index is 1.30. The van der Waals surface area contributed by atoms with Crippen molar-refractivity contribution in [3.05, 3.63) is 48.1 Å². The van der Waals surface area contributed by atoms with Crippen molar-refractivity contribution in [3.63, 3.8) is 0 Å². The van der Waals surface area contributed by atoms with Crippen molar-refractivity contribution >= 4 is 5.91 Å². The fourth-order valence-corrected chi connectivity index (χ4v) is 3.49. The summed E-state index contributed by atoms with van der Waals surface area (Å²) in [7, 11) is 0. The van der Waals surface area contributed by atoms with Gasteiger partial charge in [-0.2, -0.15) is 4.98 Å². The highest BCUT2D eigenvalue weighted by Gasteiger charge is 2.27. The molecule has 2 aliphatic rings. The molecule has 1 unspecified atom stereocenters. The summed E-state index contributed by atoms with van der Waals surface area (Å²) < 4.78 is 7.36. The van der Waals surface area contributed by atoms with Crippen molar-refractivity contribution in [2.75, 3.05) is 0 Å². The van der Waals surface area contributed by atoms with Gasteiger partial charge in [-0.15, -0.1) is 0 Å². The highest BCUT2D eigenvalue weighted by Crippen LogP contribution is 2.39. The third-order valence-electron chi connectivity index (χ3n) is 5.53. The summed E-state index contributed by atoms with van der Waals surface area (Å²) in [6, 6.07) is 3.86. The number of imidazole rings is 1. The topological polar surface area (TPSA) is 98.7 Å². The largest absolute Gasteiger partial charge is 0.338 e. The Morgan fingerprint density at radius 1 is 1.25 bits per heavy atom. The lowest BCUT2D eigenvalue weighted by Gasteiger charge is -2.28. The molecule has 0 aliphatic heterocycles. The predicted molar refractivity (Wildman–Crippen MR) is 101 cm³/mol. The van der Waals surface area contributed by atoms with Gasteiger partial charge in [-0.1, -0.05) is 5.16 Å². The molecule has 3 aromatic rings. The van der Waals surface area contributed by atoms with Crippen LogP contribution in [0.15, 0.2) is 35.2 Å². The molecule has 3 aromatic heterocycles. The molecule has 144 valence electrons. The first-order chi connectivity index (χ1) is 13.7. The Morgan fingerprint density at radius 2 is 2.11 bits per heavy atom. The molecule has 0 saturated heterocycles. The standard InChI is InChI=1S/C20H22N6O2/c1-12(23-19(27)18-22-9-10-26(18)15-3-2-4-15)20-24-17(25-28-20)14-7-8-21-16(11-14)13-5-6-13/h7-13,15H,2-6H2,1H3,(H,23,27). The van der Waals surface area contributed by atoms with E-state index in [0.29, 0.717) is 29.5 Å². The number of hydrogen-bond donors (Lipinski definition) is 1. The zero-order valence-corrected chi connectivity index (χ0v) is 15.7. The van der Waals surface area contributed by atoms with Gasteiger partial charge in [-0.05, 0) is 51.2 Å². The number of aromatic nitrogens is 5. The van der Waals surface area contributed by atoms with Gasteiger partial charge in [0.05, 0.1) is 0 Å². The molecule has 1 atom stereocenters. The maximum atomic E-state index is 12.7. The molecule has 5 rings (SSSR count). The molecule has 2 aliphatic carbocycles. The van der Waals surface area contributed by atoms with Crippen molar-refractivity contribution in [1.82, 2.24) is 30.0 Å². The first kappa shape index (κ1) is 17.1. The van der Waals surface area contributed by atoms with Crippen LogP contribution in [0.5, 0.6) is 0 Å². The number of hydrogen-bond acceptors (Lipinski definition) is 6. The lowest BCUT2D eigenvalue weighted by molar-refractivity contribution is 0.0911. The first-order valence-electron chi connectivity index (χ1n) is 9.82. The molecule has 8 heteroatoms. The lowest BCUT2D eigenvalue weighted by Crippen LogP contribution is -2.31. The molecule has 2 saturated carbocycles. The van der Waals surface area contributed by atoms with Gasteiger partial charge in [-0.3, -0.25) is 9.78 Å². The van der Waals surface area contributed by atoms with Crippen LogP contribution in [0.1, 0.15) is 79.2 Å². The second-order valence-electron chi connectivity index (χ2n) is 7.64. The smallest absolute Gasteiger partial charge is 0.287 e. The lowest BCUT2D eigenvalue weighted by atomic mass is 9.93. The predicted octanol–water partition coefficient (Wildman–Crippen LogP) is 3.42. The maximum Gasteiger partial charge on any atom is 0.287 e. The zero-order valence-electron chi connectivity index (χ0n) is 15.7. The van der Waals surface area contributed by atoms with Gasteiger partial charge in [0.15, 0.2) is 5.82 Å².